The van der Waals surface area contributed by atoms with Crippen LogP contribution >= 0.6 is 15.9 Å². The Morgan fingerprint density at radius 1 is 1.17 bits per heavy atom. The minimum absolute atomic E-state index is 0.0507. The second kappa shape index (κ2) is 11.5. The zero-order valence-electron chi connectivity index (χ0n) is 20.6. The van der Waals surface area contributed by atoms with E-state index in [1.54, 1.807) is 11.2 Å². The summed E-state index contributed by atoms with van der Waals surface area (Å²) >= 11 is 3.51. The Balaban J connectivity index is 1.49. The molecule has 1 saturated carbocycles. The predicted octanol–water partition coefficient (Wildman–Crippen LogP) is 3.98. The van der Waals surface area contributed by atoms with Gasteiger partial charge in [0.25, 0.3) is 5.91 Å². The van der Waals surface area contributed by atoms with Crippen LogP contribution in [0.15, 0.2) is 34.9 Å². The van der Waals surface area contributed by atoms with Crippen LogP contribution in [0.2, 0.25) is 0 Å². The van der Waals surface area contributed by atoms with E-state index in [0.717, 1.165) is 45.6 Å². The van der Waals surface area contributed by atoms with Crippen LogP contribution < -0.4 is 10.4 Å². The molecule has 2 aromatic rings. The number of hydrogen-bond donors (Lipinski definition) is 1. The Hall–Kier alpha value is -2.54. The van der Waals surface area contributed by atoms with Crippen LogP contribution in [0.25, 0.3) is 0 Å². The number of hydrazine groups is 1. The van der Waals surface area contributed by atoms with Crippen molar-refractivity contribution in [1.29, 1.82) is 5.26 Å². The van der Waals surface area contributed by atoms with Gasteiger partial charge in [0.15, 0.2) is 5.82 Å². The molecule has 1 aromatic heterocycles. The molecule has 0 atom stereocenters. The van der Waals surface area contributed by atoms with E-state index < -0.39 is 0 Å². The molecule has 0 radical (unpaired) electrons. The SMILES string of the molecule is CN1CCN(Cc2ccc(C(=O)NN(CC3(C)CCCCC3)c3nc(C#N)ncc3Br)cc2)CC1. The molecule has 186 valence electrons. The van der Waals surface area contributed by atoms with Crippen molar-refractivity contribution in [2.45, 2.75) is 45.6 Å². The third kappa shape index (κ3) is 6.78. The smallest absolute Gasteiger partial charge is 0.269 e. The third-order valence-corrected chi connectivity index (χ3v) is 7.70. The molecule has 0 bridgehead atoms. The van der Waals surface area contributed by atoms with Gasteiger partial charge in [0.2, 0.25) is 5.82 Å². The number of piperazine rings is 1. The molecule has 1 saturated heterocycles. The number of nitrogens with one attached hydrogen (secondary N) is 1. The van der Waals surface area contributed by atoms with E-state index in [1.807, 2.05) is 30.3 Å². The molecule has 0 unspecified atom stereocenters. The maximum atomic E-state index is 13.3. The van der Waals surface area contributed by atoms with Gasteiger partial charge in [-0.1, -0.05) is 38.3 Å². The summed E-state index contributed by atoms with van der Waals surface area (Å²) in [5.74, 6) is 0.382. The van der Waals surface area contributed by atoms with E-state index in [9.17, 15) is 10.1 Å². The van der Waals surface area contributed by atoms with Crippen molar-refractivity contribution in [3.05, 3.63) is 51.9 Å². The number of carbonyl (C=O) groups is 1. The first-order valence-corrected chi connectivity index (χ1v) is 13.2. The monoisotopic (exact) mass is 539 g/mol. The van der Waals surface area contributed by atoms with E-state index in [2.05, 4.69) is 55.1 Å². The van der Waals surface area contributed by atoms with Gasteiger partial charge in [-0.05, 0) is 58.9 Å². The lowest BCUT2D eigenvalue weighted by molar-refractivity contribution is 0.0939. The highest BCUT2D eigenvalue weighted by Crippen LogP contribution is 2.37. The third-order valence-electron chi connectivity index (χ3n) is 7.14. The van der Waals surface area contributed by atoms with Gasteiger partial charge in [0, 0.05) is 51.0 Å². The van der Waals surface area contributed by atoms with Crippen LogP contribution in [0.1, 0.15) is 60.8 Å². The summed E-state index contributed by atoms with van der Waals surface area (Å²) in [5.41, 5.74) is 4.92. The first-order valence-electron chi connectivity index (χ1n) is 12.4. The molecule has 8 nitrogen and oxygen atoms in total. The first-order chi connectivity index (χ1) is 16.8. The summed E-state index contributed by atoms with van der Waals surface area (Å²) in [4.78, 5) is 26.5. The summed E-state index contributed by atoms with van der Waals surface area (Å²) in [6, 6.07) is 9.84. The number of hydrogen-bond acceptors (Lipinski definition) is 7. The maximum absolute atomic E-state index is 13.3. The Morgan fingerprint density at radius 3 is 2.51 bits per heavy atom. The highest BCUT2D eigenvalue weighted by Gasteiger charge is 2.31. The van der Waals surface area contributed by atoms with Crippen molar-refractivity contribution < 1.29 is 4.79 Å². The molecular formula is C26H34BrN7O. The zero-order valence-corrected chi connectivity index (χ0v) is 22.2. The van der Waals surface area contributed by atoms with Crippen molar-refractivity contribution in [2.75, 3.05) is 44.8 Å². The van der Waals surface area contributed by atoms with E-state index in [0.29, 0.717) is 22.4 Å². The number of aromatic nitrogens is 2. The molecule has 35 heavy (non-hydrogen) atoms. The predicted molar refractivity (Wildman–Crippen MR) is 140 cm³/mol. The molecule has 4 rings (SSSR count). The molecule has 0 spiro atoms. The second-order valence-corrected chi connectivity index (χ2v) is 11.0. The summed E-state index contributed by atoms with van der Waals surface area (Å²) in [6.07, 6.45) is 7.36. The lowest BCUT2D eigenvalue weighted by Crippen LogP contribution is -2.49. The fraction of sp³-hybridized carbons (Fsp3) is 0.538. The van der Waals surface area contributed by atoms with E-state index in [-0.39, 0.29) is 17.1 Å². The van der Waals surface area contributed by atoms with E-state index >= 15 is 0 Å². The van der Waals surface area contributed by atoms with Gasteiger partial charge in [-0.3, -0.25) is 20.1 Å². The fourth-order valence-electron chi connectivity index (χ4n) is 4.93. The number of likely N-dealkylation sites (N-methyl/N-ethyl adjacent to an activating group) is 1. The average molecular weight is 541 g/mol. The summed E-state index contributed by atoms with van der Waals surface area (Å²) in [5, 5.41) is 11.1. The summed E-state index contributed by atoms with van der Waals surface area (Å²) in [6.45, 7) is 8.06. The number of nitrogens with zero attached hydrogens (tertiary/aromatic N) is 6. The summed E-state index contributed by atoms with van der Waals surface area (Å²) < 4.78 is 0.638. The van der Waals surface area contributed by atoms with Gasteiger partial charge in [0.05, 0.1) is 4.47 Å². The molecule has 1 aliphatic heterocycles. The molecule has 2 fully saturated rings. The molecule has 1 N–H and O–H groups in total. The minimum atomic E-state index is -0.195. The lowest BCUT2D eigenvalue weighted by atomic mass is 9.75. The molecule has 1 amide bonds. The van der Waals surface area contributed by atoms with Gasteiger partial charge in [-0.25, -0.2) is 4.98 Å². The van der Waals surface area contributed by atoms with Crippen molar-refractivity contribution in [3.63, 3.8) is 0 Å². The highest BCUT2D eigenvalue weighted by atomic mass is 79.9. The summed E-state index contributed by atoms with van der Waals surface area (Å²) in [7, 11) is 2.16. The Kier molecular flexibility index (Phi) is 8.37. The van der Waals surface area contributed by atoms with Crippen LogP contribution in [0.4, 0.5) is 5.82 Å². The van der Waals surface area contributed by atoms with Crippen LogP contribution in [0, 0.1) is 16.7 Å². The second-order valence-electron chi connectivity index (χ2n) is 10.2. The highest BCUT2D eigenvalue weighted by molar-refractivity contribution is 9.10. The van der Waals surface area contributed by atoms with Crippen LogP contribution in [-0.2, 0) is 6.54 Å². The van der Waals surface area contributed by atoms with Gasteiger partial charge in [0.1, 0.15) is 6.07 Å². The number of halogens is 1. The average Bonchev–Trinajstić information content (AvgIpc) is 2.86. The number of nitriles is 1. The molecule has 2 aliphatic rings. The molecule has 1 aromatic carbocycles. The fourth-order valence-corrected chi connectivity index (χ4v) is 5.33. The molecule has 1 aliphatic carbocycles. The number of benzene rings is 1. The van der Waals surface area contributed by atoms with Gasteiger partial charge >= 0.3 is 0 Å². The van der Waals surface area contributed by atoms with E-state index in [4.69, 9.17) is 0 Å². The standard InChI is InChI=1S/C26H34BrN7O/c1-26(10-4-3-5-11-26)19-34(24-22(27)17-29-23(16-28)30-24)31-25(35)21-8-6-20(7-9-21)18-33-14-12-32(2)13-15-33/h6-9,17H,3-5,10-15,18-19H2,1-2H3,(H,31,35). The minimum Gasteiger partial charge on any atom is -0.304 e. The van der Waals surface area contributed by atoms with Crippen molar-refractivity contribution in [1.82, 2.24) is 25.2 Å². The normalized spacial score (nSPS) is 18.6. The zero-order chi connectivity index (χ0) is 24.8. The Labute approximate surface area is 216 Å². The van der Waals surface area contributed by atoms with Gasteiger partial charge < -0.3 is 4.90 Å². The number of rotatable bonds is 7. The number of carbonyl (C=O) groups excluding carboxylic acids is 1. The number of anilines is 1. The largest absolute Gasteiger partial charge is 0.304 e. The molecule has 2 heterocycles. The van der Waals surface area contributed by atoms with Crippen LogP contribution in [0.3, 0.4) is 0 Å². The quantitative estimate of drug-likeness (QED) is 0.532. The van der Waals surface area contributed by atoms with Gasteiger partial charge in [-0.15, -0.1) is 0 Å². The van der Waals surface area contributed by atoms with Crippen molar-refractivity contribution >= 4 is 27.7 Å². The van der Waals surface area contributed by atoms with E-state index in [1.165, 1.54) is 24.8 Å². The number of amides is 1. The topological polar surface area (TPSA) is 88.4 Å². The van der Waals surface area contributed by atoms with Crippen LogP contribution in [-0.4, -0.2) is 65.4 Å². The molecular weight excluding hydrogens is 506 g/mol. The van der Waals surface area contributed by atoms with Gasteiger partial charge in [-0.2, -0.15) is 10.2 Å². The molecule has 9 heteroatoms. The maximum Gasteiger partial charge on any atom is 0.269 e. The van der Waals surface area contributed by atoms with Crippen LogP contribution in [0.5, 0.6) is 0 Å². The Morgan fingerprint density at radius 2 is 1.86 bits per heavy atom. The first kappa shape index (κ1) is 25.5. The Bertz CT molecular complexity index is 1050. The van der Waals surface area contributed by atoms with Crippen molar-refractivity contribution in [2.24, 2.45) is 5.41 Å². The van der Waals surface area contributed by atoms with Crippen molar-refractivity contribution in [3.8, 4) is 6.07 Å². The lowest BCUT2D eigenvalue weighted by Gasteiger charge is -2.38.